The van der Waals surface area contributed by atoms with Crippen LogP contribution in [0.1, 0.15) is 25.7 Å². The lowest BCUT2D eigenvalue weighted by molar-refractivity contribution is -0.119. The summed E-state index contributed by atoms with van der Waals surface area (Å²) >= 11 is 6.27. The maximum Gasteiger partial charge on any atom is 0.275 e. The highest BCUT2D eigenvalue weighted by atomic mass is 35.5. The summed E-state index contributed by atoms with van der Waals surface area (Å²) in [5.41, 5.74) is 3.01. The predicted molar refractivity (Wildman–Crippen MR) is 147 cm³/mol. The van der Waals surface area contributed by atoms with E-state index in [4.69, 9.17) is 20.8 Å². The van der Waals surface area contributed by atoms with Gasteiger partial charge in [-0.05, 0) is 62.2 Å². The molecule has 0 radical (unpaired) electrons. The van der Waals surface area contributed by atoms with Gasteiger partial charge in [0.25, 0.3) is 5.56 Å². The second-order valence-electron chi connectivity index (χ2n) is 9.34. The molecule has 38 heavy (non-hydrogen) atoms. The number of benzene rings is 3. The summed E-state index contributed by atoms with van der Waals surface area (Å²) in [6.45, 7) is 3.92. The van der Waals surface area contributed by atoms with Crippen molar-refractivity contribution in [2.75, 3.05) is 11.5 Å². The Hall–Kier alpha value is -4.17. The molecule has 0 atom stereocenters. The molecule has 2 aromatic heterocycles. The van der Waals surface area contributed by atoms with Gasteiger partial charge >= 0.3 is 0 Å². The van der Waals surface area contributed by atoms with Gasteiger partial charge in [-0.3, -0.25) is 9.59 Å². The topological polar surface area (TPSA) is 90.5 Å². The SMILES string of the molecule is CCOc1ccc2c(-c3cccc(Cl)c3)nn(CC(=O)N(c3ccc4nc(C)oc4c3)C3CC3)c(=O)c2c1. The van der Waals surface area contributed by atoms with Crippen LogP contribution in [-0.4, -0.2) is 33.3 Å². The van der Waals surface area contributed by atoms with Crippen LogP contribution in [0.3, 0.4) is 0 Å². The fourth-order valence-electron chi connectivity index (χ4n) is 4.75. The first-order valence-corrected chi connectivity index (χ1v) is 12.9. The molecule has 1 aliphatic carbocycles. The lowest BCUT2D eigenvalue weighted by Gasteiger charge is -2.23. The fraction of sp³-hybridized carbons (Fsp3) is 0.241. The molecule has 1 saturated carbocycles. The number of carbonyl (C=O) groups excluding carboxylic acids is 1. The zero-order valence-electron chi connectivity index (χ0n) is 21.0. The summed E-state index contributed by atoms with van der Waals surface area (Å²) in [7, 11) is 0. The number of hydrogen-bond acceptors (Lipinski definition) is 6. The number of anilines is 1. The smallest absolute Gasteiger partial charge is 0.275 e. The van der Waals surface area contributed by atoms with Crippen molar-refractivity contribution >= 4 is 45.1 Å². The highest BCUT2D eigenvalue weighted by Gasteiger charge is 2.34. The van der Waals surface area contributed by atoms with E-state index >= 15 is 0 Å². The van der Waals surface area contributed by atoms with Gasteiger partial charge in [-0.2, -0.15) is 5.10 Å². The second kappa shape index (κ2) is 9.61. The molecular formula is C29H25ClN4O4. The number of nitrogens with zero attached hydrogens (tertiary/aromatic N) is 4. The lowest BCUT2D eigenvalue weighted by Crippen LogP contribution is -2.39. The molecule has 192 valence electrons. The highest BCUT2D eigenvalue weighted by Crippen LogP contribution is 2.34. The third-order valence-electron chi connectivity index (χ3n) is 6.56. The van der Waals surface area contributed by atoms with Crippen molar-refractivity contribution in [3.63, 3.8) is 0 Å². The van der Waals surface area contributed by atoms with E-state index in [0.29, 0.717) is 51.0 Å². The molecule has 9 heteroatoms. The van der Waals surface area contributed by atoms with E-state index in [0.717, 1.165) is 23.9 Å². The van der Waals surface area contributed by atoms with Crippen LogP contribution in [0.15, 0.2) is 69.9 Å². The molecule has 1 amide bonds. The van der Waals surface area contributed by atoms with Crippen molar-refractivity contribution in [2.24, 2.45) is 0 Å². The monoisotopic (exact) mass is 528 g/mol. The van der Waals surface area contributed by atoms with Crippen LogP contribution in [0, 0.1) is 6.92 Å². The Morgan fingerprint density at radius 2 is 1.97 bits per heavy atom. The van der Waals surface area contributed by atoms with Crippen molar-refractivity contribution < 1.29 is 13.9 Å². The molecule has 0 N–H and O–H groups in total. The molecular weight excluding hydrogens is 504 g/mol. The summed E-state index contributed by atoms with van der Waals surface area (Å²) in [4.78, 5) is 33.4. The molecule has 3 aromatic carbocycles. The molecule has 2 heterocycles. The Bertz CT molecular complexity index is 1760. The van der Waals surface area contributed by atoms with E-state index in [1.807, 2.05) is 49.4 Å². The first kappa shape index (κ1) is 24.2. The van der Waals surface area contributed by atoms with Crippen LogP contribution in [0.5, 0.6) is 5.75 Å². The average molecular weight is 529 g/mol. The Balaban J connectivity index is 1.44. The first-order chi connectivity index (χ1) is 18.4. The number of halogens is 1. The standard InChI is InChI=1S/C29H25ClN4O4/c1-3-37-22-10-11-23-24(15-22)29(36)33(32-28(23)18-5-4-6-19(30)13-18)16-27(35)34(20-7-8-20)21-9-12-25-26(14-21)38-17(2)31-25/h4-6,9-15,20H,3,7-8,16H2,1-2H3. The average Bonchev–Trinajstić information content (AvgIpc) is 3.65. The van der Waals surface area contributed by atoms with Crippen LogP contribution in [0.2, 0.25) is 5.02 Å². The number of carbonyl (C=O) groups is 1. The molecule has 5 aromatic rings. The minimum absolute atomic E-state index is 0.0667. The zero-order valence-corrected chi connectivity index (χ0v) is 21.7. The Morgan fingerprint density at radius 1 is 1.13 bits per heavy atom. The molecule has 6 rings (SSSR count). The summed E-state index contributed by atoms with van der Waals surface area (Å²) in [6, 6.07) is 18.2. The van der Waals surface area contributed by atoms with Gasteiger partial charge in [0.1, 0.15) is 17.8 Å². The van der Waals surface area contributed by atoms with Gasteiger partial charge < -0.3 is 14.1 Å². The van der Waals surface area contributed by atoms with Gasteiger partial charge in [0.2, 0.25) is 5.91 Å². The molecule has 0 unspecified atom stereocenters. The maximum atomic E-state index is 13.7. The van der Waals surface area contributed by atoms with Crippen LogP contribution < -0.4 is 15.2 Å². The minimum atomic E-state index is -0.363. The number of oxazole rings is 1. The number of hydrogen-bond donors (Lipinski definition) is 0. The van der Waals surface area contributed by atoms with E-state index in [9.17, 15) is 9.59 Å². The number of rotatable bonds is 7. The van der Waals surface area contributed by atoms with E-state index < -0.39 is 0 Å². The quantitative estimate of drug-likeness (QED) is 0.267. The Kier molecular flexibility index (Phi) is 6.12. The van der Waals surface area contributed by atoms with Crippen LogP contribution in [0.25, 0.3) is 33.1 Å². The zero-order chi connectivity index (χ0) is 26.4. The molecule has 1 aliphatic rings. The van der Waals surface area contributed by atoms with E-state index in [2.05, 4.69) is 10.1 Å². The van der Waals surface area contributed by atoms with Crippen LogP contribution in [-0.2, 0) is 11.3 Å². The van der Waals surface area contributed by atoms with Gasteiger partial charge in [-0.1, -0.05) is 23.7 Å². The molecule has 0 aliphatic heterocycles. The van der Waals surface area contributed by atoms with Crippen molar-refractivity contribution in [1.82, 2.24) is 14.8 Å². The van der Waals surface area contributed by atoms with Gasteiger partial charge in [-0.25, -0.2) is 9.67 Å². The van der Waals surface area contributed by atoms with Crippen LogP contribution in [0.4, 0.5) is 5.69 Å². The van der Waals surface area contributed by atoms with E-state index in [1.54, 1.807) is 30.0 Å². The Labute approximate surface area is 223 Å². The lowest BCUT2D eigenvalue weighted by atomic mass is 10.0. The second-order valence-corrected chi connectivity index (χ2v) is 9.78. The Morgan fingerprint density at radius 3 is 2.74 bits per heavy atom. The van der Waals surface area contributed by atoms with Gasteiger partial charge in [0.05, 0.1) is 17.7 Å². The molecule has 0 saturated heterocycles. The predicted octanol–water partition coefficient (Wildman–Crippen LogP) is 5.76. The fourth-order valence-corrected chi connectivity index (χ4v) is 4.94. The van der Waals surface area contributed by atoms with Gasteiger partial charge in [-0.15, -0.1) is 0 Å². The van der Waals surface area contributed by atoms with Crippen molar-refractivity contribution in [3.05, 3.63) is 81.9 Å². The third kappa shape index (κ3) is 4.52. The van der Waals surface area contributed by atoms with Gasteiger partial charge in [0, 0.05) is 40.7 Å². The molecule has 0 spiro atoms. The molecule has 0 bridgehead atoms. The van der Waals surface area contributed by atoms with E-state index in [1.165, 1.54) is 4.68 Å². The summed E-state index contributed by atoms with van der Waals surface area (Å²) < 4.78 is 12.6. The minimum Gasteiger partial charge on any atom is -0.494 e. The van der Waals surface area contributed by atoms with E-state index in [-0.39, 0.29) is 24.1 Å². The number of aromatic nitrogens is 3. The normalized spacial score (nSPS) is 13.2. The summed E-state index contributed by atoms with van der Waals surface area (Å²) in [5.74, 6) is 0.914. The van der Waals surface area contributed by atoms with Crippen molar-refractivity contribution in [1.29, 1.82) is 0 Å². The third-order valence-corrected chi connectivity index (χ3v) is 6.80. The molecule has 8 nitrogen and oxygen atoms in total. The largest absolute Gasteiger partial charge is 0.494 e. The maximum absolute atomic E-state index is 13.7. The highest BCUT2D eigenvalue weighted by molar-refractivity contribution is 6.30. The number of fused-ring (bicyclic) bond motifs is 2. The summed E-state index contributed by atoms with van der Waals surface area (Å²) in [5, 5.41) is 6.30. The van der Waals surface area contributed by atoms with Gasteiger partial charge in [0.15, 0.2) is 11.5 Å². The van der Waals surface area contributed by atoms with Crippen LogP contribution >= 0.6 is 11.6 Å². The summed E-state index contributed by atoms with van der Waals surface area (Å²) in [6.07, 6.45) is 1.79. The number of aryl methyl sites for hydroxylation is 1. The number of amides is 1. The van der Waals surface area contributed by atoms with Crippen molar-refractivity contribution in [3.8, 4) is 17.0 Å². The number of ether oxygens (including phenoxy) is 1. The molecule has 1 fully saturated rings. The van der Waals surface area contributed by atoms with Crippen molar-refractivity contribution in [2.45, 2.75) is 39.3 Å². The first-order valence-electron chi connectivity index (χ1n) is 12.5.